The van der Waals surface area contributed by atoms with E-state index in [0.29, 0.717) is 38.8 Å². The fourth-order valence-corrected chi connectivity index (χ4v) is 10.6. The summed E-state index contributed by atoms with van der Waals surface area (Å²) < 4.78 is 4.96. The monoisotopic (exact) mass is 675 g/mol. The number of ether oxygens (including phenoxy) is 1. The van der Waals surface area contributed by atoms with Crippen LogP contribution < -0.4 is 9.80 Å². The second kappa shape index (κ2) is 15.1. The number of amides is 2. The summed E-state index contributed by atoms with van der Waals surface area (Å²) in [4.78, 5) is 48.2. The van der Waals surface area contributed by atoms with Crippen LogP contribution >= 0.6 is 27.7 Å². The molecule has 3 heterocycles. The lowest BCUT2D eigenvalue weighted by Gasteiger charge is -2.38. The maximum atomic E-state index is 14.7. The van der Waals surface area contributed by atoms with Gasteiger partial charge < -0.3 is 24.5 Å². The van der Waals surface area contributed by atoms with Gasteiger partial charge in [0, 0.05) is 54.2 Å². The van der Waals surface area contributed by atoms with Gasteiger partial charge in [0.05, 0.1) is 23.2 Å². The van der Waals surface area contributed by atoms with Crippen molar-refractivity contribution in [3.63, 3.8) is 0 Å². The first kappa shape index (κ1) is 33.6. The molecule has 3 unspecified atom stereocenters. The molecule has 1 spiro atoms. The summed E-state index contributed by atoms with van der Waals surface area (Å²) in [5.41, 5.74) is 1.83. The highest BCUT2D eigenvalue weighted by molar-refractivity contribution is 9.09. The number of nitrogens with zero attached hydrogens (tertiary/aromatic N) is 3. The lowest BCUT2D eigenvalue weighted by Crippen LogP contribution is -2.55. The van der Waals surface area contributed by atoms with Gasteiger partial charge in [-0.3, -0.25) is 14.4 Å². The number of carbonyl (C=O) groups excluding carboxylic acids is 3. The molecular formula is C33H46BrN3O5S. The van der Waals surface area contributed by atoms with E-state index in [2.05, 4.69) is 47.8 Å². The van der Waals surface area contributed by atoms with Crippen molar-refractivity contribution in [1.82, 2.24) is 4.90 Å². The SMILES string of the molecule is C=CCCCOC(=O)[C@H]1[C@H]2C(=O)N(CCCCCO)C(C(=O)N(CC=C)c3ccc(N(CC)CC)cc3)C23CC(Br)[C@@H]1S3. The molecule has 4 rings (SSSR count). The van der Waals surface area contributed by atoms with E-state index in [9.17, 15) is 19.5 Å². The number of carbonyl (C=O) groups is 3. The van der Waals surface area contributed by atoms with E-state index in [1.54, 1.807) is 33.7 Å². The Hall–Kier alpha value is -2.30. The molecule has 0 aromatic heterocycles. The van der Waals surface area contributed by atoms with Gasteiger partial charge in [-0.1, -0.05) is 28.1 Å². The quantitative estimate of drug-likeness (QED) is 0.105. The number of unbranched alkanes of at least 4 members (excludes halogenated alkanes) is 3. The van der Waals surface area contributed by atoms with Crippen LogP contribution in [0.4, 0.5) is 11.4 Å². The fourth-order valence-electron chi connectivity index (χ4n) is 7.02. The zero-order valence-electron chi connectivity index (χ0n) is 25.5. The van der Waals surface area contributed by atoms with E-state index >= 15 is 0 Å². The van der Waals surface area contributed by atoms with Gasteiger partial charge in [-0.15, -0.1) is 24.9 Å². The molecule has 2 amide bonds. The van der Waals surface area contributed by atoms with E-state index in [1.807, 2.05) is 24.3 Å². The van der Waals surface area contributed by atoms with Gasteiger partial charge in [-0.25, -0.2) is 0 Å². The number of aliphatic hydroxyl groups excluding tert-OH is 1. The lowest BCUT2D eigenvalue weighted by atomic mass is 9.71. The zero-order valence-corrected chi connectivity index (χ0v) is 27.9. The number of fused-ring (bicyclic) bond motifs is 1. The summed E-state index contributed by atoms with van der Waals surface area (Å²) in [6.07, 6.45) is 7.60. The number of anilines is 2. The van der Waals surface area contributed by atoms with Crippen LogP contribution in [0.2, 0.25) is 0 Å². The Morgan fingerprint density at radius 2 is 1.81 bits per heavy atom. The third-order valence-electron chi connectivity index (χ3n) is 9.02. The molecule has 0 radical (unpaired) electrons. The minimum atomic E-state index is -0.741. The van der Waals surface area contributed by atoms with E-state index < -0.39 is 22.6 Å². The third kappa shape index (κ3) is 6.57. The van der Waals surface area contributed by atoms with Crippen molar-refractivity contribution in [1.29, 1.82) is 0 Å². The van der Waals surface area contributed by atoms with Gasteiger partial charge in [-0.05, 0) is 76.6 Å². The van der Waals surface area contributed by atoms with Gasteiger partial charge in [0.25, 0.3) is 5.91 Å². The number of likely N-dealkylation sites (tertiary alicyclic amines) is 1. The zero-order chi connectivity index (χ0) is 31.1. The van der Waals surface area contributed by atoms with Crippen LogP contribution in [0.1, 0.15) is 52.4 Å². The van der Waals surface area contributed by atoms with Crippen LogP contribution in [0.15, 0.2) is 49.6 Å². The number of alkyl halides is 1. The molecule has 3 aliphatic heterocycles. The van der Waals surface area contributed by atoms with Gasteiger partial charge in [0.15, 0.2) is 0 Å². The molecule has 8 nitrogen and oxygen atoms in total. The van der Waals surface area contributed by atoms with Gasteiger partial charge in [0.2, 0.25) is 5.91 Å². The van der Waals surface area contributed by atoms with Crippen molar-refractivity contribution in [2.45, 2.75) is 73.2 Å². The summed E-state index contributed by atoms with van der Waals surface area (Å²) in [6, 6.07) is 7.25. The molecule has 2 bridgehead atoms. The van der Waals surface area contributed by atoms with Crippen molar-refractivity contribution in [2.75, 3.05) is 49.2 Å². The van der Waals surface area contributed by atoms with Gasteiger partial charge in [-0.2, -0.15) is 0 Å². The number of benzene rings is 1. The van der Waals surface area contributed by atoms with E-state index in [4.69, 9.17) is 4.74 Å². The standard InChI is InChI=1S/C33H46BrN3O5S/c1-5-9-13-21-42-32(41)26-27-30(39)37(19-11-10-12-20-38)29(33(27)22-25(34)28(26)43-33)31(40)36(18-6-2)24-16-14-23(15-17-24)35(7-3)8-4/h5-6,14-17,25-29,38H,1-2,7-13,18-22H2,3-4H3/t25?,26-,27-,28-,29?,33?/m0/s1. The van der Waals surface area contributed by atoms with E-state index in [1.165, 1.54) is 0 Å². The van der Waals surface area contributed by atoms with Crippen LogP contribution in [0, 0.1) is 11.8 Å². The molecule has 1 N–H and O–H groups in total. The Bertz CT molecular complexity index is 1160. The number of allylic oxidation sites excluding steroid dienone is 1. The Labute approximate surface area is 269 Å². The Kier molecular flexibility index (Phi) is 11.8. The Morgan fingerprint density at radius 1 is 1.12 bits per heavy atom. The predicted molar refractivity (Wildman–Crippen MR) is 178 cm³/mol. The minimum absolute atomic E-state index is 0.0156. The molecule has 10 heteroatoms. The first-order valence-corrected chi connectivity index (χ1v) is 17.4. The number of hydrogen-bond acceptors (Lipinski definition) is 7. The van der Waals surface area contributed by atoms with Crippen LogP contribution in [0.5, 0.6) is 0 Å². The molecule has 43 heavy (non-hydrogen) atoms. The summed E-state index contributed by atoms with van der Waals surface area (Å²) in [5, 5.41) is 9.18. The van der Waals surface area contributed by atoms with E-state index in [0.717, 1.165) is 37.3 Å². The van der Waals surface area contributed by atoms with Crippen LogP contribution in [0.3, 0.4) is 0 Å². The molecule has 0 aliphatic carbocycles. The van der Waals surface area contributed by atoms with Crippen molar-refractivity contribution in [2.24, 2.45) is 11.8 Å². The van der Waals surface area contributed by atoms with Crippen molar-refractivity contribution < 1.29 is 24.2 Å². The summed E-state index contributed by atoms with van der Waals surface area (Å²) in [6.45, 7) is 14.7. The second-order valence-electron chi connectivity index (χ2n) is 11.5. The highest BCUT2D eigenvalue weighted by Crippen LogP contribution is 2.68. The maximum Gasteiger partial charge on any atom is 0.310 e. The molecule has 3 saturated heterocycles. The number of rotatable bonds is 17. The topological polar surface area (TPSA) is 90.4 Å². The maximum absolute atomic E-state index is 14.7. The molecule has 1 aromatic carbocycles. The van der Waals surface area contributed by atoms with Gasteiger partial charge >= 0.3 is 5.97 Å². The summed E-state index contributed by atoms with van der Waals surface area (Å²) in [7, 11) is 0. The molecule has 1 aromatic rings. The molecule has 6 atom stereocenters. The Morgan fingerprint density at radius 3 is 2.44 bits per heavy atom. The molecule has 3 fully saturated rings. The highest BCUT2D eigenvalue weighted by Gasteiger charge is 2.76. The van der Waals surface area contributed by atoms with Crippen molar-refractivity contribution in [3.05, 3.63) is 49.6 Å². The molecule has 236 valence electrons. The Balaban J connectivity index is 1.69. The second-order valence-corrected chi connectivity index (χ2v) is 14.2. The highest BCUT2D eigenvalue weighted by atomic mass is 79.9. The van der Waals surface area contributed by atoms with Crippen LogP contribution in [-0.2, 0) is 19.1 Å². The largest absolute Gasteiger partial charge is 0.465 e. The molecule has 3 aliphatic rings. The normalized spacial score (nSPS) is 27.2. The minimum Gasteiger partial charge on any atom is -0.465 e. The number of esters is 1. The van der Waals surface area contributed by atoms with Crippen molar-refractivity contribution in [3.8, 4) is 0 Å². The van der Waals surface area contributed by atoms with Gasteiger partial charge in [0.1, 0.15) is 6.04 Å². The fraction of sp³-hybridized carbons (Fsp3) is 0.606. The predicted octanol–water partition coefficient (Wildman–Crippen LogP) is 5.19. The summed E-state index contributed by atoms with van der Waals surface area (Å²) in [5.74, 6) is -1.88. The average Bonchev–Trinajstić information content (AvgIpc) is 3.60. The number of halogens is 1. The molecule has 0 saturated carbocycles. The molecular weight excluding hydrogens is 630 g/mol. The average molecular weight is 677 g/mol. The third-order valence-corrected chi connectivity index (χ3v) is 12.2. The number of hydrogen-bond donors (Lipinski definition) is 1. The first-order chi connectivity index (χ1) is 20.8. The summed E-state index contributed by atoms with van der Waals surface area (Å²) >= 11 is 5.44. The van der Waals surface area contributed by atoms with Crippen LogP contribution in [-0.4, -0.2) is 88.0 Å². The smallest absolute Gasteiger partial charge is 0.310 e. The number of aliphatic hydroxyl groups is 1. The van der Waals surface area contributed by atoms with Crippen molar-refractivity contribution >= 4 is 56.9 Å². The number of thioether (sulfide) groups is 1. The van der Waals surface area contributed by atoms with E-state index in [-0.39, 0.29) is 41.1 Å². The first-order valence-electron chi connectivity index (χ1n) is 15.6. The van der Waals surface area contributed by atoms with Crippen LogP contribution in [0.25, 0.3) is 0 Å². The lowest BCUT2D eigenvalue weighted by molar-refractivity contribution is -0.154.